The van der Waals surface area contributed by atoms with Gasteiger partial charge in [-0.15, -0.1) is 0 Å². The van der Waals surface area contributed by atoms with Crippen molar-refractivity contribution in [2.24, 2.45) is 0 Å². The molecule has 20 heavy (non-hydrogen) atoms. The standard InChI is InChI=1S/C15H10FNO2S/c16-9-5-7-10(8-6-9)17-14(18)13-11-3-1-2-4-12(11)20-15(13)19/h1-8,13H,(H,17,18). The zero-order valence-corrected chi connectivity index (χ0v) is 11.1. The summed E-state index contributed by atoms with van der Waals surface area (Å²) >= 11 is 1.08. The molecule has 5 heteroatoms. The van der Waals surface area contributed by atoms with Crippen LogP contribution in [0, 0.1) is 5.82 Å². The number of rotatable bonds is 2. The second-order valence-corrected chi connectivity index (χ2v) is 5.43. The minimum Gasteiger partial charge on any atom is -0.325 e. The van der Waals surface area contributed by atoms with E-state index in [9.17, 15) is 14.0 Å². The first-order chi connectivity index (χ1) is 9.65. The van der Waals surface area contributed by atoms with Gasteiger partial charge in [0.05, 0.1) is 0 Å². The van der Waals surface area contributed by atoms with Crippen LogP contribution >= 0.6 is 11.8 Å². The minimum absolute atomic E-state index is 0.189. The van der Waals surface area contributed by atoms with E-state index < -0.39 is 5.92 Å². The topological polar surface area (TPSA) is 46.2 Å². The van der Waals surface area contributed by atoms with Gasteiger partial charge in [-0.2, -0.15) is 0 Å². The average Bonchev–Trinajstić information content (AvgIpc) is 2.77. The number of anilines is 1. The van der Waals surface area contributed by atoms with Gasteiger partial charge in [0.1, 0.15) is 11.7 Å². The summed E-state index contributed by atoms with van der Waals surface area (Å²) in [6.45, 7) is 0. The molecule has 0 spiro atoms. The molecule has 0 saturated heterocycles. The van der Waals surface area contributed by atoms with Gasteiger partial charge in [0.25, 0.3) is 0 Å². The number of fused-ring (bicyclic) bond motifs is 1. The Morgan fingerprint density at radius 3 is 2.55 bits per heavy atom. The Morgan fingerprint density at radius 2 is 1.80 bits per heavy atom. The number of carbonyl (C=O) groups excluding carboxylic acids is 2. The summed E-state index contributed by atoms with van der Waals surface area (Å²) < 4.78 is 12.8. The highest BCUT2D eigenvalue weighted by atomic mass is 32.2. The van der Waals surface area contributed by atoms with Crippen molar-refractivity contribution in [1.29, 1.82) is 0 Å². The van der Waals surface area contributed by atoms with Gasteiger partial charge in [-0.25, -0.2) is 4.39 Å². The minimum atomic E-state index is -0.804. The molecule has 1 heterocycles. The van der Waals surface area contributed by atoms with Crippen LogP contribution in [0.1, 0.15) is 11.5 Å². The Hall–Kier alpha value is -2.14. The molecule has 0 radical (unpaired) electrons. The lowest BCUT2D eigenvalue weighted by atomic mass is 10.00. The fourth-order valence-corrected chi connectivity index (χ4v) is 3.12. The van der Waals surface area contributed by atoms with Crippen LogP contribution in [0.5, 0.6) is 0 Å². The van der Waals surface area contributed by atoms with E-state index in [2.05, 4.69) is 5.32 Å². The molecule has 0 bridgehead atoms. The third-order valence-electron chi connectivity index (χ3n) is 3.05. The van der Waals surface area contributed by atoms with Crippen molar-refractivity contribution in [3.63, 3.8) is 0 Å². The van der Waals surface area contributed by atoms with Gasteiger partial charge >= 0.3 is 0 Å². The monoisotopic (exact) mass is 287 g/mol. The summed E-state index contributed by atoms with van der Waals surface area (Å²) in [6.07, 6.45) is 0. The van der Waals surface area contributed by atoms with Gasteiger partial charge in [0.2, 0.25) is 11.0 Å². The molecule has 1 atom stereocenters. The van der Waals surface area contributed by atoms with Crippen molar-refractivity contribution in [1.82, 2.24) is 0 Å². The lowest BCUT2D eigenvalue weighted by Crippen LogP contribution is -2.23. The van der Waals surface area contributed by atoms with E-state index in [4.69, 9.17) is 0 Å². The molecular formula is C15H10FNO2S. The van der Waals surface area contributed by atoms with E-state index >= 15 is 0 Å². The molecule has 0 fully saturated rings. The number of nitrogens with one attached hydrogen (secondary N) is 1. The predicted octanol–water partition coefficient (Wildman–Crippen LogP) is 3.18. The smallest absolute Gasteiger partial charge is 0.240 e. The summed E-state index contributed by atoms with van der Waals surface area (Å²) in [5.74, 6) is -1.57. The van der Waals surface area contributed by atoms with Gasteiger partial charge in [0, 0.05) is 10.6 Å². The number of thioether (sulfide) groups is 1. The number of hydrogen-bond acceptors (Lipinski definition) is 3. The Labute approximate surface area is 119 Å². The van der Waals surface area contributed by atoms with Crippen LogP contribution in [-0.2, 0) is 9.59 Å². The second-order valence-electron chi connectivity index (χ2n) is 4.39. The van der Waals surface area contributed by atoms with E-state index in [0.717, 1.165) is 22.2 Å². The van der Waals surface area contributed by atoms with Crippen molar-refractivity contribution in [3.8, 4) is 0 Å². The molecule has 2 aromatic carbocycles. The first kappa shape index (κ1) is 12.9. The summed E-state index contributed by atoms with van der Waals surface area (Å²) in [6, 6.07) is 12.7. The van der Waals surface area contributed by atoms with Crippen LogP contribution in [0.2, 0.25) is 0 Å². The van der Waals surface area contributed by atoms with Crippen LogP contribution in [0.15, 0.2) is 53.4 Å². The first-order valence-electron chi connectivity index (χ1n) is 6.02. The molecule has 1 N–H and O–H groups in total. The van der Waals surface area contributed by atoms with E-state index in [1.165, 1.54) is 24.3 Å². The van der Waals surface area contributed by atoms with Crippen molar-refractivity contribution in [2.45, 2.75) is 10.8 Å². The SMILES string of the molecule is O=C(Nc1ccc(F)cc1)C1C(=O)Sc2ccccc21. The first-order valence-corrected chi connectivity index (χ1v) is 6.84. The molecule has 1 aliphatic rings. The van der Waals surface area contributed by atoms with Gasteiger partial charge in [-0.05, 0) is 35.9 Å². The third kappa shape index (κ3) is 2.32. The lowest BCUT2D eigenvalue weighted by Gasteiger charge is -2.10. The summed E-state index contributed by atoms with van der Waals surface area (Å²) in [4.78, 5) is 25.0. The lowest BCUT2D eigenvalue weighted by molar-refractivity contribution is -0.123. The molecule has 100 valence electrons. The number of carbonyl (C=O) groups is 2. The van der Waals surface area contributed by atoms with Crippen LogP contribution in [0.25, 0.3) is 0 Å². The fourth-order valence-electron chi connectivity index (χ4n) is 2.10. The van der Waals surface area contributed by atoms with Crippen molar-refractivity contribution < 1.29 is 14.0 Å². The maximum atomic E-state index is 12.8. The second kappa shape index (κ2) is 5.09. The van der Waals surface area contributed by atoms with E-state index in [-0.39, 0.29) is 16.8 Å². The Kier molecular flexibility index (Phi) is 3.28. The zero-order valence-electron chi connectivity index (χ0n) is 10.3. The highest BCUT2D eigenvalue weighted by Crippen LogP contribution is 2.41. The molecule has 1 amide bonds. The van der Waals surface area contributed by atoms with Crippen LogP contribution in [-0.4, -0.2) is 11.0 Å². The number of benzene rings is 2. The van der Waals surface area contributed by atoms with E-state index in [0.29, 0.717) is 5.69 Å². The van der Waals surface area contributed by atoms with Crippen molar-refractivity contribution in [2.75, 3.05) is 5.32 Å². The molecule has 3 nitrogen and oxygen atoms in total. The van der Waals surface area contributed by atoms with Gasteiger partial charge in [0.15, 0.2) is 0 Å². The predicted molar refractivity (Wildman–Crippen MR) is 75.1 cm³/mol. The van der Waals surface area contributed by atoms with Gasteiger partial charge in [-0.3, -0.25) is 9.59 Å². The number of hydrogen-bond donors (Lipinski definition) is 1. The van der Waals surface area contributed by atoms with Crippen LogP contribution in [0.3, 0.4) is 0 Å². The highest BCUT2D eigenvalue weighted by molar-refractivity contribution is 8.14. The van der Waals surface area contributed by atoms with Gasteiger partial charge < -0.3 is 5.32 Å². The van der Waals surface area contributed by atoms with Crippen LogP contribution < -0.4 is 5.32 Å². The zero-order chi connectivity index (χ0) is 14.1. The van der Waals surface area contributed by atoms with Crippen molar-refractivity contribution in [3.05, 3.63) is 59.9 Å². The van der Waals surface area contributed by atoms with E-state index in [1.807, 2.05) is 12.1 Å². The molecule has 0 saturated carbocycles. The van der Waals surface area contributed by atoms with Crippen molar-refractivity contribution >= 4 is 28.5 Å². The highest BCUT2D eigenvalue weighted by Gasteiger charge is 2.36. The molecule has 1 unspecified atom stereocenters. The quantitative estimate of drug-likeness (QED) is 0.863. The molecule has 0 aromatic heterocycles. The third-order valence-corrected chi connectivity index (χ3v) is 4.08. The molecular weight excluding hydrogens is 277 g/mol. The van der Waals surface area contributed by atoms with E-state index in [1.54, 1.807) is 12.1 Å². The number of amides is 1. The maximum Gasteiger partial charge on any atom is 0.240 e. The maximum absolute atomic E-state index is 12.8. The number of halogens is 1. The van der Waals surface area contributed by atoms with Gasteiger partial charge in [-0.1, -0.05) is 30.0 Å². The molecule has 0 aliphatic carbocycles. The average molecular weight is 287 g/mol. The largest absolute Gasteiger partial charge is 0.325 e. The van der Waals surface area contributed by atoms with Crippen LogP contribution in [0.4, 0.5) is 10.1 Å². The Balaban J connectivity index is 1.84. The molecule has 2 aromatic rings. The summed E-state index contributed by atoms with van der Waals surface area (Å²) in [5, 5.41) is 2.45. The molecule has 3 rings (SSSR count). The fraction of sp³-hybridized carbons (Fsp3) is 0.0667. The Morgan fingerprint density at radius 1 is 1.10 bits per heavy atom. The molecule has 1 aliphatic heterocycles. The normalized spacial score (nSPS) is 16.9. The summed E-state index contributed by atoms with van der Waals surface area (Å²) in [5.41, 5.74) is 1.20. The summed E-state index contributed by atoms with van der Waals surface area (Å²) in [7, 11) is 0. The Bertz CT molecular complexity index is 685.